The van der Waals surface area contributed by atoms with E-state index >= 15 is 0 Å². The van der Waals surface area contributed by atoms with Crippen molar-refractivity contribution in [3.05, 3.63) is 47.0 Å². The molecule has 0 saturated carbocycles. The van der Waals surface area contributed by atoms with Crippen LogP contribution in [0.5, 0.6) is 23.0 Å². The second-order valence-electron chi connectivity index (χ2n) is 4.02. The number of aromatic carboxylic acids is 1. The number of carboxylic acids is 1. The zero-order chi connectivity index (χ0) is 16.6. The molecule has 5 nitrogen and oxygen atoms in total. The Balaban J connectivity index is 2.48. The van der Waals surface area contributed by atoms with E-state index in [1.807, 2.05) is 0 Å². The summed E-state index contributed by atoms with van der Waals surface area (Å²) in [6.45, 7) is 0. The zero-order valence-electron chi connectivity index (χ0n) is 10.4. The van der Waals surface area contributed by atoms with Gasteiger partial charge in [0, 0.05) is 6.07 Å². The summed E-state index contributed by atoms with van der Waals surface area (Å²) in [4.78, 5) is 10.7. The lowest BCUT2D eigenvalue weighted by atomic mass is 10.2. The maximum atomic E-state index is 13.5. The van der Waals surface area contributed by atoms with Gasteiger partial charge in [-0.1, -0.05) is 0 Å². The number of phenolic OH excluding ortho intramolecular Hbond substituents is 1. The molecule has 0 aliphatic heterocycles. The Kier molecular flexibility index (Phi) is 3.81. The highest BCUT2D eigenvalue weighted by Gasteiger charge is 2.27. The smallest absolute Gasteiger partial charge is 0.339 e. The third-order valence-electron chi connectivity index (χ3n) is 2.62. The summed E-state index contributed by atoms with van der Waals surface area (Å²) in [6, 6.07) is 2.45. The van der Waals surface area contributed by atoms with Gasteiger partial charge in [-0.15, -0.1) is 0 Å². The van der Waals surface area contributed by atoms with E-state index in [2.05, 4.69) is 4.74 Å². The highest BCUT2D eigenvalue weighted by Crippen LogP contribution is 2.37. The van der Waals surface area contributed by atoms with Gasteiger partial charge >= 0.3 is 5.97 Å². The molecule has 0 aliphatic carbocycles. The van der Waals surface area contributed by atoms with Gasteiger partial charge in [0.25, 0.3) is 0 Å². The summed E-state index contributed by atoms with van der Waals surface area (Å²) in [5.41, 5.74) is -0.517. The Morgan fingerprint density at radius 1 is 0.955 bits per heavy atom. The Morgan fingerprint density at radius 3 is 1.95 bits per heavy atom. The van der Waals surface area contributed by atoms with Gasteiger partial charge in [-0.25, -0.2) is 4.79 Å². The molecular weight excluding hydrogens is 312 g/mol. The van der Waals surface area contributed by atoms with Crippen LogP contribution in [0.25, 0.3) is 0 Å². The van der Waals surface area contributed by atoms with Gasteiger partial charge in [-0.2, -0.15) is 17.6 Å². The van der Waals surface area contributed by atoms with Crippen molar-refractivity contribution in [2.45, 2.75) is 0 Å². The molecule has 0 heterocycles. The molecule has 2 rings (SSSR count). The number of ether oxygens (including phenoxy) is 1. The van der Waals surface area contributed by atoms with Crippen molar-refractivity contribution in [3.8, 4) is 23.0 Å². The first-order chi connectivity index (χ1) is 10.2. The fourth-order valence-electron chi connectivity index (χ4n) is 1.56. The molecule has 0 atom stereocenters. The first-order valence-corrected chi connectivity index (χ1v) is 5.53. The topological polar surface area (TPSA) is 87.0 Å². The first-order valence-electron chi connectivity index (χ1n) is 5.53. The van der Waals surface area contributed by atoms with Crippen LogP contribution in [-0.2, 0) is 0 Å². The van der Waals surface area contributed by atoms with Crippen LogP contribution in [0.1, 0.15) is 10.4 Å². The van der Waals surface area contributed by atoms with E-state index in [4.69, 9.17) is 10.2 Å². The summed E-state index contributed by atoms with van der Waals surface area (Å²) in [7, 11) is 0. The van der Waals surface area contributed by atoms with Crippen LogP contribution in [-0.4, -0.2) is 21.3 Å². The van der Waals surface area contributed by atoms with Crippen molar-refractivity contribution in [1.82, 2.24) is 0 Å². The fourth-order valence-corrected chi connectivity index (χ4v) is 1.56. The number of phenols is 2. The van der Waals surface area contributed by atoms with Crippen LogP contribution in [0, 0.1) is 23.3 Å². The van der Waals surface area contributed by atoms with Gasteiger partial charge in [-0.05, 0) is 12.1 Å². The molecule has 3 N–H and O–H groups in total. The molecule has 2 aromatic rings. The van der Waals surface area contributed by atoms with E-state index in [1.165, 1.54) is 0 Å². The van der Waals surface area contributed by atoms with Gasteiger partial charge in [0.15, 0.2) is 5.75 Å². The van der Waals surface area contributed by atoms with Gasteiger partial charge < -0.3 is 20.1 Å². The Morgan fingerprint density at radius 2 is 1.50 bits per heavy atom. The molecule has 0 fully saturated rings. The van der Waals surface area contributed by atoms with Crippen LogP contribution in [0.4, 0.5) is 17.6 Å². The fraction of sp³-hybridized carbons (Fsp3) is 0. The number of carboxylic acid groups (broad SMARTS) is 1. The maximum Gasteiger partial charge on any atom is 0.339 e. The molecule has 9 heteroatoms. The number of hydrogen-bond donors (Lipinski definition) is 3. The van der Waals surface area contributed by atoms with Crippen LogP contribution >= 0.6 is 0 Å². The van der Waals surface area contributed by atoms with Crippen LogP contribution in [0.15, 0.2) is 18.2 Å². The largest absolute Gasteiger partial charge is 0.507 e. The normalized spacial score (nSPS) is 10.5. The van der Waals surface area contributed by atoms with Crippen LogP contribution in [0.3, 0.4) is 0 Å². The lowest BCUT2D eigenvalue weighted by Gasteiger charge is -2.11. The molecule has 0 amide bonds. The van der Waals surface area contributed by atoms with E-state index in [0.717, 1.165) is 12.1 Å². The van der Waals surface area contributed by atoms with Crippen molar-refractivity contribution < 1.29 is 42.4 Å². The SMILES string of the molecule is O=C(O)c1ccc(Oc2c(F)c(F)c(O)c(F)c2F)cc1O. The number of rotatable bonds is 3. The average Bonchev–Trinajstić information content (AvgIpc) is 2.47. The minimum atomic E-state index is -2.06. The third kappa shape index (κ3) is 2.48. The van der Waals surface area contributed by atoms with Crippen molar-refractivity contribution in [2.75, 3.05) is 0 Å². The quantitative estimate of drug-likeness (QED) is 0.598. The second-order valence-corrected chi connectivity index (χ2v) is 4.02. The molecule has 116 valence electrons. The van der Waals surface area contributed by atoms with Crippen molar-refractivity contribution in [2.24, 2.45) is 0 Å². The molecule has 0 aromatic heterocycles. The first kappa shape index (κ1) is 15.4. The predicted molar refractivity (Wildman–Crippen MR) is 63.1 cm³/mol. The number of aromatic hydroxyl groups is 2. The van der Waals surface area contributed by atoms with Crippen LogP contribution < -0.4 is 4.74 Å². The molecule has 0 radical (unpaired) electrons. The van der Waals surface area contributed by atoms with Crippen LogP contribution in [0.2, 0.25) is 0 Å². The summed E-state index contributed by atoms with van der Waals surface area (Å²) in [6.07, 6.45) is 0. The molecule has 0 aliphatic rings. The van der Waals surface area contributed by atoms with Gasteiger partial charge in [0.05, 0.1) is 0 Å². The summed E-state index contributed by atoms with van der Waals surface area (Å²) in [5.74, 6) is -14.2. The van der Waals surface area contributed by atoms with Crippen molar-refractivity contribution in [3.63, 3.8) is 0 Å². The number of carbonyl (C=O) groups is 1. The number of benzene rings is 2. The highest BCUT2D eigenvalue weighted by atomic mass is 19.2. The van der Waals surface area contributed by atoms with E-state index < -0.39 is 57.8 Å². The minimum absolute atomic E-state index is 0.482. The van der Waals surface area contributed by atoms with Crippen molar-refractivity contribution in [1.29, 1.82) is 0 Å². The Labute approximate surface area is 119 Å². The second kappa shape index (κ2) is 5.43. The maximum absolute atomic E-state index is 13.5. The van der Waals surface area contributed by atoms with Gasteiger partial charge in [0.1, 0.15) is 17.1 Å². The van der Waals surface area contributed by atoms with E-state index in [9.17, 15) is 27.5 Å². The van der Waals surface area contributed by atoms with E-state index in [-0.39, 0.29) is 0 Å². The van der Waals surface area contributed by atoms with E-state index in [0.29, 0.717) is 6.07 Å². The summed E-state index contributed by atoms with van der Waals surface area (Å²) >= 11 is 0. The molecule has 0 saturated heterocycles. The molecule has 0 unspecified atom stereocenters. The molecule has 0 spiro atoms. The lowest BCUT2D eigenvalue weighted by Crippen LogP contribution is -2.01. The highest BCUT2D eigenvalue weighted by molar-refractivity contribution is 5.90. The van der Waals surface area contributed by atoms with Gasteiger partial charge in [-0.3, -0.25) is 0 Å². The molecular formula is C13H6F4O5. The Bertz CT molecular complexity index is 747. The monoisotopic (exact) mass is 318 g/mol. The molecule has 2 aromatic carbocycles. The summed E-state index contributed by atoms with van der Waals surface area (Å²) in [5, 5.41) is 26.9. The predicted octanol–water partition coefficient (Wildman–Crippen LogP) is 3.14. The third-order valence-corrected chi connectivity index (χ3v) is 2.62. The zero-order valence-corrected chi connectivity index (χ0v) is 10.4. The average molecular weight is 318 g/mol. The molecule has 0 bridgehead atoms. The number of halogens is 4. The summed E-state index contributed by atoms with van der Waals surface area (Å²) < 4.78 is 57.8. The van der Waals surface area contributed by atoms with Gasteiger partial charge in [0.2, 0.25) is 29.0 Å². The van der Waals surface area contributed by atoms with E-state index in [1.54, 1.807) is 0 Å². The minimum Gasteiger partial charge on any atom is -0.507 e. The number of hydrogen-bond acceptors (Lipinski definition) is 4. The molecule has 22 heavy (non-hydrogen) atoms. The van der Waals surface area contributed by atoms with Crippen molar-refractivity contribution >= 4 is 5.97 Å². The Hall–Kier alpha value is -2.97. The standard InChI is InChI=1S/C13H6F4O5/c14-7-9(16)12(10(17)8(15)11(7)19)22-4-1-2-5(13(20)21)6(18)3-4/h1-3,18-19H,(H,20,21). The lowest BCUT2D eigenvalue weighted by molar-refractivity contribution is 0.0693.